The van der Waals surface area contributed by atoms with E-state index in [9.17, 15) is 5.11 Å². The van der Waals surface area contributed by atoms with E-state index in [-0.39, 0.29) is 11.0 Å². The van der Waals surface area contributed by atoms with Crippen LogP contribution in [0.25, 0.3) is 0 Å². The lowest BCUT2D eigenvalue weighted by molar-refractivity contribution is 0.0545. The summed E-state index contributed by atoms with van der Waals surface area (Å²) in [5.74, 6) is 0.0771. The molecule has 27 heavy (non-hydrogen) atoms. The van der Waals surface area contributed by atoms with E-state index in [1.165, 1.54) is 10.4 Å². The summed E-state index contributed by atoms with van der Waals surface area (Å²) in [6, 6.07) is 21.3. The summed E-state index contributed by atoms with van der Waals surface area (Å²) >= 11 is 0. The van der Waals surface area contributed by atoms with Gasteiger partial charge in [-0.3, -0.25) is 0 Å². The first kappa shape index (κ1) is 19.9. The van der Waals surface area contributed by atoms with Gasteiger partial charge in [0.05, 0.1) is 19.0 Å². The Bertz CT molecular complexity index is 698. The van der Waals surface area contributed by atoms with Crippen molar-refractivity contribution in [2.45, 2.75) is 38.3 Å². The average molecular weight is 383 g/mol. The molecule has 1 aliphatic heterocycles. The van der Waals surface area contributed by atoms with Gasteiger partial charge in [0.25, 0.3) is 8.32 Å². The van der Waals surface area contributed by atoms with Crippen LogP contribution >= 0.6 is 0 Å². The Hall–Kier alpha value is -1.88. The van der Waals surface area contributed by atoms with Gasteiger partial charge in [0.2, 0.25) is 0 Å². The van der Waals surface area contributed by atoms with Gasteiger partial charge in [-0.25, -0.2) is 0 Å². The molecule has 1 N–H and O–H groups in total. The average Bonchev–Trinajstić information content (AvgIpc) is 2.67. The van der Waals surface area contributed by atoms with Crippen molar-refractivity contribution in [1.82, 2.24) is 0 Å². The van der Waals surface area contributed by atoms with Crippen molar-refractivity contribution in [3.8, 4) is 0 Å². The first-order valence-corrected chi connectivity index (χ1v) is 11.6. The molecule has 0 amide bonds. The number of aliphatic hydroxyl groups is 1. The molecular weight excluding hydrogens is 352 g/mol. The lowest BCUT2D eigenvalue weighted by atomic mass is 9.99. The Labute approximate surface area is 163 Å². The van der Waals surface area contributed by atoms with Crippen molar-refractivity contribution in [3.05, 3.63) is 73.0 Å². The minimum atomic E-state index is -2.50. The van der Waals surface area contributed by atoms with Gasteiger partial charge >= 0.3 is 0 Å². The Morgan fingerprint density at radius 2 is 1.56 bits per heavy atom. The normalized spacial score (nSPS) is 20.3. The highest BCUT2D eigenvalue weighted by molar-refractivity contribution is 6.99. The van der Waals surface area contributed by atoms with E-state index in [4.69, 9.17) is 9.16 Å². The van der Waals surface area contributed by atoms with Crippen LogP contribution in [-0.4, -0.2) is 32.7 Å². The maximum atomic E-state index is 10.2. The highest BCUT2D eigenvalue weighted by atomic mass is 28.4. The molecule has 0 saturated heterocycles. The molecule has 3 nitrogen and oxygen atoms in total. The zero-order chi connectivity index (χ0) is 19.3. The molecule has 2 atom stereocenters. The third-order valence-electron chi connectivity index (χ3n) is 5.39. The van der Waals surface area contributed by atoms with Crippen LogP contribution in [0.1, 0.15) is 27.2 Å². The molecule has 4 heteroatoms. The van der Waals surface area contributed by atoms with E-state index >= 15 is 0 Å². The molecule has 0 aliphatic carbocycles. The van der Waals surface area contributed by atoms with Crippen LogP contribution in [-0.2, 0) is 9.16 Å². The Morgan fingerprint density at radius 1 is 1.00 bits per heavy atom. The molecule has 144 valence electrons. The summed E-state index contributed by atoms with van der Waals surface area (Å²) in [4.78, 5) is 0. The van der Waals surface area contributed by atoms with E-state index in [0.29, 0.717) is 13.2 Å². The number of benzene rings is 2. The van der Waals surface area contributed by atoms with E-state index in [2.05, 4.69) is 81.4 Å². The summed E-state index contributed by atoms with van der Waals surface area (Å²) in [5.41, 5.74) is 0. The number of rotatable bonds is 6. The molecule has 3 rings (SSSR count). The van der Waals surface area contributed by atoms with Gasteiger partial charge in [-0.1, -0.05) is 81.4 Å². The largest absolute Gasteiger partial charge is 0.501 e. The molecular formula is C23H30O3Si. The summed E-state index contributed by atoms with van der Waals surface area (Å²) in [6.07, 6.45) is 3.62. The van der Waals surface area contributed by atoms with Crippen LogP contribution in [0.3, 0.4) is 0 Å². The maximum Gasteiger partial charge on any atom is 0.261 e. The SMILES string of the molecule is CC(C)(C)[Si](OCC[C@H]1COC=C[C@@H]1O)(c1ccccc1)c1ccccc1. The maximum absolute atomic E-state index is 10.2. The number of hydrogen-bond donors (Lipinski definition) is 1. The Kier molecular flexibility index (Phi) is 6.20. The molecule has 0 saturated carbocycles. The molecule has 2 aromatic rings. The van der Waals surface area contributed by atoms with Gasteiger partial charge in [0.1, 0.15) is 0 Å². The lowest BCUT2D eigenvalue weighted by Gasteiger charge is -2.43. The standard InChI is InChI=1S/C23H30O3Si/c1-23(2,3)27(20-10-6-4-7-11-20,21-12-8-5-9-13-21)26-17-14-19-18-25-16-15-22(19)24/h4-13,15-16,19,22,24H,14,17-18H2,1-3H3/t19-,22-/m0/s1. The quantitative estimate of drug-likeness (QED) is 0.778. The van der Waals surface area contributed by atoms with Crippen LogP contribution < -0.4 is 10.4 Å². The van der Waals surface area contributed by atoms with E-state index < -0.39 is 14.4 Å². The minimum absolute atomic E-state index is 0.0305. The van der Waals surface area contributed by atoms with Crippen LogP contribution in [0.15, 0.2) is 73.0 Å². The molecule has 0 bridgehead atoms. The fourth-order valence-corrected chi connectivity index (χ4v) is 8.53. The van der Waals surface area contributed by atoms with Crippen LogP contribution in [0.5, 0.6) is 0 Å². The molecule has 1 heterocycles. The zero-order valence-corrected chi connectivity index (χ0v) is 17.5. The predicted octanol–water partition coefficient (Wildman–Crippen LogP) is 3.47. The van der Waals surface area contributed by atoms with Crippen molar-refractivity contribution in [1.29, 1.82) is 0 Å². The van der Waals surface area contributed by atoms with E-state index in [0.717, 1.165) is 6.42 Å². The fraction of sp³-hybridized carbons (Fsp3) is 0.391. The van der Waals surface area contributed by atoms with Gasteiger partial charge in [-0.15, -0.1) is 0 Å². The highest BCUT2D eigenvalue weighted by Gasteiger charge is 2.50. The Balaban J connectivity index is 1.93. The second-order valence-corrected chi connectivity index (χ2v) is 12.5. The molecule has 0 fully saturated rings. The Morgan fingerprint density at radius 3 is 2.04 bits per heavy atom. The molecule has 0 radical (unpaired) electrons. The van der Waals surface area contributed by atoms with Crippen molar-refractivity contribution >= 4 is 18.7 Å². The molecule has 0 unspecified atom stereocenters. The van der Waals surface area contributed by atoms with Crippen LogP contribution in [0.4, 0.5) is 0 Å². The predicted molar refractivity (Wildman–Crippen MR) is 113 cm³/mol. The van der Waals surface area contributed by atoms with E-state index in [1.807, 2.05) is 0 Å². The number of aliphatic hydroxyl groups excluding tert-OH is 1. The van der Waals surface area contributed by atoms with Crippen LogP contribution in [0, 0.1) is 5.92 Å². The van der Waals surface area contributed by atoms with Crippen molar-refractivity contribution < 1.29 is 14.3 Å². The summed E-state index contributed by atoms with van der Waals surface area (Å²) in [6.45, 7) is 7.98. The molecule has 0 spiro atoms. The topological polar surface area (TPSA) is 38.7 Å². The van der Waals surface area contributed by atoms with Crippen molar-refractivity contribution in [2.75, 3.05) is 13.2 Å². The molecule has 2 aromatic carbocycles. The van der Waals surface area contributed by atoms with Gasteiger partial charge in [-0.05, 0) is 27.9 Å². The van der Waals surface area contributed by atoms with E-state index in [1.54, 1.807) is 12.3 Å². The fourth-order valence-electron chi connectivity index (χ4n) is 3.95. The smallest absolute Gasteiger partial charge is 0.261 e. The van der Waals surface area contributed by atoms with Gasteiger partial charge < -0.3 is 14.3 Å². The van der Waals surface area contributed by atoms with Crippen LogP contribution in [0.2, 0.25) is 5.04 Å². The zero-order valence-electron chi connectivity index (χ0n) is 16.5. The van der Waals surface area contributed by atoms with Crippen molar-refractivity contribution in [3.63, 3.8) is 0 Å². The first-order chi connectivity index (χ1) is 12.9. The van der Waals surface area contributed by atoms with Gasteiger partial charge in [-0.2, -0.15) is 0 Å². The highest BCUT2D eigenvalue weighted by Crippen LogP contribution is 2.37. The summed E-state index contributed by atoms with van der Waals surface area (Å²) < 4.78 is 12.3. The second-order valence-electron chi connectivity index (χ2n) is 8.21. The van der Waals surface area contributed by atoms with Crippen molar-refractivity contribution in [2.24, 2.45) is 5.92 Å². The molecule has 0 aromatic heterocycles. The van der Waals surface area contributed by atoms with Gasteiger partial charge in [0.15, 0.2) is 0 Å². The third kappa shape index (κ3) is 4.18. The monoisotopic (exact) mass is 382 g/mol. The van der Waals surface area contributed by atoms with Gasteiger partial charge in [0, 0.05) is 12.5 Å². The third-order valence-corrected chi connectivity index (χ3v) is 10.4. The number of ether oxygens (including phenoxy) is 1. The molecule has 1 aliphatic rings. The summed E-state index contributed by atoms with van der Waals surface area (Å²) in [5, 5.41) is 12.7. The first-order valence-electron chi connectivity index (χ1n) is 9.66. The second kappa shape index (κ2) is 8.42. The minimum Gasteiger partial charge on any atom is -0.501 e. The number of hydrogen-bond acceptors (Lipinski definition) is 3. The summed E-state index contributed by atoms with van der Waals surface area (Å²) in [7, 11) is -2.50. The lowest BCUT2D eigenvalue weighted by Crippen LogP contribution is -2.66.